The average Bonchev–Trinajstić information content (AvgIpc) is 3.31. The van der Waals surface area contributed by atoms with Gasteiger partial charge in [-0.25, -0.2) is 14.8 Å². The number of anilines is 1. The molecule has 3 aromatic heterocycles. The van der Waals surface area contributed by atoms with E-state index in [2.05, 4.69) is 15.1 Å². The monoisotopic (exact) mass is 463 g/mol. The third-order valence-electron chi connectivity index (χ3n) is 5.23. The van der Waals surface area contributed by atoms with Crippen molar-refractivity contribution in [3.63, 3.8) is 0 Å². The normalized spacial score (nSPS) is 11.1. The maximum atomic E-state index is 14.0. The summed E-state index contributed by atoms with van der Waals surface area (Å²) in [6.45, 7) is 7.80. The van der Waals surface area contributed by atoms with E-state index in [0.717, 1.165) is 28.3 Å². The molecule has 0 bridgehead atoms. The van der Waals surface area contributed by atoms with Crippen LogP contribution < -0.4 is 4.90 Å². The van der Waals surface area contributed by atoms with Crippen LogP contribution in [0.15, 0.2) is 36.4 Å². The van der Waals surface area contributed by atoms with Crippen molar-refractivity contribution in [3.05, 3.63) is 69.5 Å². The van der Waals surface area contributed by atoms with Crippen molar-refractivity contribution in [3.8, 4) is 0 Å². The minimum Gasteiger partial charge on any atom is -0.462 e. The van der Waals surface area contributed by atoms with Gasteiger partial charge in [0.1, 0.15) is 4.88 Å². The lowest BCUT2D eigenvalue weighted by Crippen LogP contribution is -2.30. The number of fused-ring (bicyclic) bond motifs is 1. The summed E-state index contributed by atoms with van der Waals surface area (Å²) in [5, 5.41) is 5.61. The Morgan fingerprint density at radius 2 is 1.82 bits per heavy atom. The molecule has 4 rings (SSSR count). The second-order valence-electron chi connectivity index (χ2n) is 7.73. The first kappa shape index (κ1) is 22.6. The smallest absolute Gasteiger partial charge is 0.350 e. The number of nitrogens with zero attached hydrogens (tertiary/aromatic N) is 5. The lowest BCUT2D eigenvalue weighted by molar-refractivity contribution is 0.0531. The number of rotatable bonds is 6. The molecule has 0 fully saturated rings. The summed E-state index contributed by atoms with van der Waals surface area (Å²) in [7, 11) is 1.81. The molecule has 9 heteroatoms. The van der Waals surface area contributed by atoms with Crippen LogP contribution in [0.2, 0.25) is 0 Å². The van der Waals surface area contributed by atoms with Crippen LogP contribution in [0.1, 0.15) is 49.6 Å². The molecule has 0 N–H and O–H groups in total. The van der Waals surface area contributed by atoms with Gasteiger partial charge in [0.15, 0.2) is 10.8 Å². The number of aryl methyl sites for hydroxylation is 4. The van der Waals surface area contributed by atoms with Crippen LogP contribution in [0.4, 0.5) is 5.13 Å². The summed E-state index contributed by atoms with van der Waals surface area (Å²) >= 11 is 1.16. The quantitative estimate of drug-likeness (QED) is 0.394. The van der Waals surface area contributed by atoms with Gasteiger partial charge in [-0.1, -0.05) is 41.7 Å². The van der Waals surface area contributed by atoms with E-state index >= 15 is 0 Å². The summed E-state index contributed by atoms with van der Waals surface area (Å²) in [5.41, 5.74) is 4.08. The minimum atomic E-state index is -0.434. The van der Waals surface area contributed by atoms with Crippen molar-refractivity contribution >= 4 is 39.4 Å². The standard InChI is InChI=1S/C24H25N5O3S/c1-6-32-23(31)20-16(4)26-24(33-20)29(13-17-10-8-7-9-11-17)22(30)18-12-14(2)25-21-19(18)15(3)27-28(21)5/h7-12H,6,13H2,1-5H3. The highest BCUT2D eigenvalue weighted by atomic mass is 32.1. The molecule has 1 aromatic carbocycles. The van der Waals surface area contributed by atoms with Crippen LogP contribution >= 0.6 is 11.3 Å². The second-order valence-corrected chi connectivity index (χ2v) is 8.70. The summed E-state index contributed by atoms with van der Waals surface area (Å²) < 4.78 is 6.85. The van der Waals surface area contributed by atoms with Gasteiger partial charge < -0.3 is 4.74 Å². The Labute approximate surface area is 195 Å². The lowest BCUT2D eigenvalue weighted by Gasteiger charge is -2.21. The summed E-state index contributed by atoms with van der Waals surface area (Å²) in [5.74, 6) is -0.661. The zero-order valence-electron chi connectivity index (χ0n) is 19.2. The van der Waals surface area contributed by atoms with Crippen molar-refractivity contribution in [2.45, 2.75) is 34.2 Å². The minimum absolute atomic E-state index is 0.227. The molecule has 4 aromatic rings. The van der Waals surface area contributed by atoms with Crippen LogP contribution in [0.5, 0.6) is 0 Å². The van der Waals surface area contributed by atoms with Gasteiger partial charge in [-0.3, -0.25) is 14.4 Å². The number of carbonyl (C=O) groups is 2. The molecule has 0 aliphatic carbocycles. The predicted octanol–water partition coefficient (Wildman–Crippen LogP) is 4.37. The Morgan fingerprint density at radius 1 is 1.09 bits per heavy atom. The van der Waals surface area contributed by atoms with E-state index in [4.69, 9.17) is 4.74 Å². The fourth-order valence-electron chi connectivity index (χ4n) is 3.76. The Bertz CT molecular complexity index is 1340. The average molecular weight is 464 g/mol. The third kappa shape index (κ3) is 4.36. The van der Waals surface area contributed by atoms with Crippen LogP contribution in [0.25, 0.3) is 11.0 Å². The van der Waals surface area contributed by atoms with E-state index in [-0.39, 0.29) is 12.5 Å². The number of ether oxygens (including phenoxy) is 1. The number of amides is 1. The molecule has 0 atom stereocenters. The summed E-state index contributed by atoms with van der Waals surface area (Å²) in [4.78, 5) is 37.5. The highest BCUT2D eigenvalue weighted by Gasteiger charge is 2.28. The molecule has 0 aliphatic rings. The zero-order valence-corrected chi connectivity index (χ0v) is 20.1. The van der Waals surface area contributed by atoms with E-state index < -0.39 is 5.97 Å². The molecule has 0 saturated carbocycles. The van der Waals surface area contributed by atoms with Crippen LogP contribution in [0, 0.1) is 20.8 Å². The van der Waals surface area contributed by atoms with Gasteiger partial charge in [0.2, 0.25) is 0 Å². The number of pyridine rings is 1. The van der Waals surface area contributed by atoms with E-state index in [1.165, 1.54) is 0 Å². The maximum absolute atomic E-state index is 14.0. The predicted molar refractivity (Wildman–Crippen MR) is 128 cm³/mol. The first-order chi connectivity index (χ1) is 15.8. The Balaban J connectivity index is 1.85. The molecule has 33 heavy (non-hydrogen) atoms. The number of thiazole rings is 1. The first-order valence-corrected chi connectivity index (χ1v) is 11.4. The molecule has 0 unspecified atom stereocenters. The Kier molecular flexibility index (Phi) is 6.24. The first-order valence-electron chi connectivity index (χ1n) is 10.6. The van der Waals surface area contributed by atoms with Crippen molar-refractivity contribution in [2.75, 3.05) is 11.5 Å². The van der Waals surface area contributed by atoms with Gasteiger partial charge in [-0.05, 0) is 39.3 Å². The maximum Gasteiger partial charge on any atom is 0.350 e. The van der Waals surface area contributed by atoms with Gasteiger partial charge in [-0.15, -0.1) is 0 Å². The molecule has 0 saturated heterocycles. The van der Waals surface area contributed by atoms with Crippen molar-refractivity contribution in [1.29, 1.82) is 0 Å². The van der Waals surface area contributed by atoms with E-state index in [0.29, 0.717) is 38.8 Å². The fourth-order valence-corrected chi connectivity index (χ4v) is 4.72. The topological polar surface area (TPSA) is 90.2 Å². The van der Waals surface area contributed by atoms with Gasteiger partial charge in [0, 0.05) is 12.7 Å². The number of hydrogen-bond donors (Lipinski definition) is 0. The molecule has 170 valence electrons. The van der Waals surface area contributed by atoms with E-state index in [1.807, 2.05) is 51.2 Å². The third-order valence-corrected chi connectivity index (χ3v) is 6.39. The second kappa shape index (κ2) is 9.11. The van der Waals surface area contributed by atoms with Gasteiger partial charge in [-0.2, -0.15) is 5.10 Å². The Hall–Kier alpha value is -3.59. The molecule has 8 nitrogen and oxygen atoms in total. The number of hydrogen-bond acceptors (Lipinski definition) is 7. The Morgan fingerprint density at radius 3 is 2.52 bits per heavy atom. The van der Waals surface area contributed by atoms with Crippen LogP contribution in [-0.2, 0) is 18.3 Å². The molecular formula is C24H25N5O3S. The summed E-state index contributed by atoms with van der Waals surface area (Å²) in [6.07, 6.45) is 0. The molecule has 0 spiro atoms. The zero-order chi connectivity index (χ0) is 23.7. The highest BCUT2D eigenvalue weighted by Crippen LogP contribution is 2.31. The number of esters is 1. The van der Waals surface area contributed by atoms with Gasteiger partial charge in [0.05, 0.1) is 35.5 Å². The number of benzene rings is 1. The number of aromatic nitrogens is 4. The molecule has 0 radical (unpaired) electrons. The molecular weight excluding hydrogens is 438 g/mol. The van der Waals surface area contributed by atoms with Gasteiger partial charge in [0.25, 0.3) is 5.91 Å². The van der Waals surface area contributed by atoms with Crippen LogP contribution in [0.3, 0.4) is 0 Å². The SMILES string of the molecule is CCOC(=O)c1sc(N(Cc2ccccc2)C(=O)c2cc(C)nc3c2c(C)nn3C)nc1C. The van der Waals surface area contributed by atoms with Crippen molar-refractivity contribution in [1.82, 2.24) is 19.7 Å². The van der Waals surface area contributed by atoms with Crippen molar-refractivity contribution in [2.24, 2.45) is 7.05 Å². The molecule has 0 aliphatic heterocycles. The highest BCUT2D eigenvalue weighted by molar-refractivity contribution is 7.17. The van der Waals surface area contributed by atoms with E-state index in [1.54, 1.807) is 29.5 Å². The summed E-state index contributed by atoms with van der Waals surface area (Å²) in [6, 6.07) is 11.5. The lowest BCUT2D eigenvalue weighted by atomic mass is 10.1. The molecule has 1 amide bonds. The fraction of sp³-hybridized carbons (Fsp3) is 0.292. The van der Waals surface area contributed by atoms with Gasteiger partial charge >= 0.3 is 5.97 Å². The van der Waals surface area contributed by atoms with Crippen molar-refractivity contribution < 1.29 is 14.3 Å². The largest absolute Gasteiger partial charge is 0.462 e. The number of carbonyl (C=O) groups excluding carboxylic acids is 2. The van der Waals surface area contributed by atoms with E-state index in [9.17, 15) is 9.59 Å². The molecule has 3 heterocycles. The van der Waals surface area contributed by atoms with Crippen LogP contribution in [-0.4, -0.2) is 38.2 Å².